The molecule has 1 N–H and O–H groups in total. The van der Waals surface area contributed by atoms with E-state index >= 15 is 0 Å². The van der Waals surface area contributed by atoms with Crippen LogP contribution in [0.4, 0.5) is 0 Å². The fraction of sp³-hybridized carbons (Fsp3) is 0. The summed E-state index contributed by atoms with van der Waals surface area (Å²) in [4.78, 5) is 3.55. The van der Waals surface area contributed by atoms with Gasteiger partial charge in [-0.1, -0.05) is 72.8 Å². The molecule has 3 nitrogen and oxygen atoms in total. The molecule has 6 aromatic carbocycles. The van der Waals surface area contributed by atoms with Crippen molar-refractivity contribution in [2.75, 3.05) is 0 Å². The Labute approximate surface area is 223 Å². The zero-order chi connectivity index (χ0) is 25.5. The number of nitrogens with zero attached hydrogens (tertiary/aromatic N) is 1. The van der Waals surface area contributed by atoms with Crippen molar-refractivity contribution in [3.05, 3.63) is 127 Å². The first-order valence-corrected chi connectivity index (χ1v) is 13.3. The van der Waals surface area contributed by atoms with E-state index in [-0.39, 0.29) is 0 Å². The van der Waals surface area contributed by atoms with Crippen LogP contribution in [0.15, 0.2) is 132 Å². The number of furan rings is 1. The maximum Gasteiger partial charge on any atom is 0.135 e. The smallest absolute Gasteiger partial charge is 0.135 e. The number of H-pyrrole nitrogens is 1. The molecule has 3 heterocycles. The van der Waals surface area contributed by atoms with Crippen LogP contribution in [0.2, 0.25) is 0 Å². The highest BCUT2D eigenvalue weighted by atomic mass is 16.3. The van der Waals surface area contributed by atoms with E-state index in [1.54, 1.807) is 0 Å². The Morgan fingerprint density at radius 1 is 0.436 bits per heavy atom. The van der Waals surface area contributed by atoms with Crippen LogP contribution in [0.25, 0.3) is 82.4 Å². The van der Waals surface area contributed by atoms with Gasteiger partial charge in [-0.3, -0.25) is 0 Å². The molecule has 182 valence electrons. The molecule has 0 aliphatic rings. The largest absolute Gasteiger partial charge is 0.456 e. The fourth-order valence-electron chi connectivity index (χ4n) is 6.31. The van der Waals surface area contributed by atoms with Crippen LogP contribution >= 0.6 is 0 Å². The summed E-state index contributed by atoms with van der Waals surface area (Å²) in [5, 5.41) is 7.28. The van der Waals surface area contributed by atoms with Gasteiger partial charge in [0.25, 0.3) is 0 Å². The first-order chi connectivity index (χ1) is 19.3. The lowest BCUT2D eigenvalue weighted by molar-refractivity contribution is 0.669. The predicted octanol–water partition coefficient (Wildman–Crippen LogP) is 9.98. The van der Waals surface area contributed by atoms with Crippen molar-refractivity contribution in [3.63, 3.8) is 0 Å². The first kappa shape index (κ1) is 20.7. The number of hydrogen-bond donors (Lipinski definition) is 1. The molecule has 9 aromatic rings. The molecule has 0 fully saturated rings. The van der Waals surface area contributed by atoms with Crippen molar-refractivity contribution in [1.29, 1.82) is 0 Å². The Balaban J connectivity index is 1.31. The Morgan fingerprint density at radius 3 is 2.08 bits per heavy atom. The Bertz CT molecular complexity index is 2400. The SMILES string of the molecule is c1ccc2c(c1)[nH]c1ccc(-c3ccc4c5ccccc5n(-c5ccc6oc7ccccc7c6c5)c4c3)cc12. The van der Waals surface area contributed by atoms with Gasteiger partial charge in [-0.05, 0) is 65.7 Å². The van der Waals surface area contributed by atoms with Gasteiger partial charge in [0.2, 0.25) is 0 Å². The minimum atomic E-state index is 0.911. The van der Waals surface area contributed by atoms with Gasteiger partial charge in [0, 0.05) is 49.0 Å². The van der Waals surface area contributed by atoms with E-state index in [0.29, 0.717) is 0 Å². The molecule has 0 bridgehead atoms. The normalized spacial score (nSPS) is 12.1. The molecular weight excluding hydrogens is 476 g/mol. The summed E-state index contributed by atoms with van der Waals surface area (Å²) in [7, 11) is 0. The lowest BCUT2D eigenvalue weighted by Gasteiger charge is -2.09. The summed E-state index contributed by atoms with van der Waals surface area (Å²) in [6.07, 6.45) is 0. The van der Waals surface area contributed by atoms with Crippen LogP contribution in [-0.2, 0) is 0 Å². The number of para-hydroxylation sites is 3. The quantitative estimate of drug-likeness (QED) is 0.253. The highest BCUT2D eigenvalue weighted by Gasteiger charge is 2.15. The molecule has 9 rings (SSSR count). The van der Waals surface area contributed by atoms with Crippen molar-refractivity contribution in [3.8, 4) is 16.8 Å². The summed E-state index contributed by atoms with van der Waals surface area (Å²) in [5.74, 6) is 0. The first-order valence-electron chi connectivity index (χ1n) is 13.3. The topological polar surface area (TPSA) is 33.9 Å². The number of fused-ring (bicyclic) bond motifs is 9. The molecule has 0 atom stereocenters. The minimum absolute atomic E-state index is 0.911. The third kappa shape index (κ3) is 2.93. The Hall–Kier alpha value is -5.28. The van der Waals surface area contributed by atoms with Gasteiger partial charge in [0.15, 0.2) is 0 Å². The molecule has 0 amide bonds. The number of nitrogens with one attached hydrogen (secondary N) is 1. The molecule has 0 saturated heterocycles. The molecule has 3 heteroatoms. The van der Waals surface area contributed by atoms with Gasteiger partial charge in [-0.2, -0.15) is 0 Å². The lowest BCUT2D eigenvalue weighted by atomic mass is 10.0. The lowest BCUT2D eigenvalue weighted by Crippen LogP contribution is -1.93. The number of aromatic amines is 1. The molecule has 39 heavy (non-hydrogen) atoms. The second kappa shape index (κ2) is 7.62. The zero-order valence-corrected chi connectivity index (χ0v) is 21.0. The van der Waals surface area contributed by atoms with E-state index < -0.39 is 0 Å². The van der Waals surface area contributed by atoms with Crippen LogP contribution in [0, 0.1) is 0 Å². The van der Waals surface area contributed by atoms with Gasteiger partial charge in [0.05, 0.1) is 11.0 Å². The highest BCUT2D eigenvalue weighted by Crippen LogP contribution is 2.38. The molecular formula is C36H22N2O. The standard InChI is InChI=1S/C36H22N2O/c1-4-10-31-25(7-1)29-19-22(14-17-32(29)37-31)23-13-16-27-26-8-2-5-11-33(26)38(34(27)20-23)24-15-18-36-30(21-24)28-9-3-6-12-35(28)39-36/h1-21,37H. The average molecular weight is 499 g/mol. The molecule has 3 aromatic heterocycles. The van der Waals surface area contributed by atoms with E-state index in [4.69, 9.17) is 4.42 Å². The zero-order valence-electron chi connectivity index (χ0n) is 21.0. The van der Waals surface area contributed by atoms with E-state index in [1.807, 2.05) is 12.1 Å². The number of benzene rings is 6. The van der Waals surface area contributed by atoms with Gasteiger partial charge in [-0.15, -0.1) is 0 Å². The molecule has 0 spiro atoms. The summed E-state index contributed by atoms with van der Waals surface area (Å²) in [5.41, 5.74) is 10.1. The van der Waals surface area contributed by atoms with Crippen LogP contribution in [0.5, 0.6) is 0 Å². The van der Waals surface area contributed by atoms with Crippen molar-refractivity contribution in [1.82, 2.24) is 9.55 Å². The summed E-state index contributed by atoms with van der Waals surface area (Å²) < 4.78 is 8.51. The Morgan fingerprint density at radius 2 is 1.13 bits per heavy atom. The second-order valence-corrected chi connectivity index (χ2v) is 10.3. The molecule has 0 radical (unpaired) electrons. The Kier molecular flexibility index (Phi) is 4.05. The van der Waals surface area contributed by atoms with Crippen LogP contribution < -0.4 is 0 Å². The monoisotopic (exact) mass is 498 g/mol. The minimum Gasteiger partial charge on any atom is -0.456 e. The molecule has 0 aliphatic heterocycles. The number of rotatable bonds is 2. The van der Waals surface area contributed by atoms with Gasteiger partial charge in [0.1, 0.15) is 11.2 Å². The van der Waals surface area contributed by atoms with Crippen LogP contribution in [-0.4, -0.2) is 9.55 Å². The van der Waals surface area contributed by atoms with Crippen LogP contribution in [0.1, 0.15) is 0 Å². The van der Waals surface area contributed by atoms with Crippen molar-refractivity contribution in [2.45, 2.75) is 0 Å². The average Bonchev–Trinajstić information content (AvgIpc) is 3.65. The third-order valence-corrected chi connectivity index (χ3v) is 8.13. The van der Waals surface area contributed by atoms with E-state index in [1.165, 1.54) is 49.2 Å². The fourth-order valence-corrected chi connectivity index (χ4v) is 6.31. The van der Waals surface area contributed by atoms with E-state index in [0.717, 1.165) is 33.1 Å². The van der Waals surface area contributed by atoms with Gasteiger partial charge < -0.3 is 14.0 Å². The second-order valence-electron chi connectivity index (χ2n) is 10.3. The van der Waals surface area contributed by atoms with Crippen molar-refractivity contribution in [2.24, 2.45) is 0 Å². The predicted molar refractivity (Wildman–Crippen MR) is 163 cm³/mol. The molecule has 0 aliphatic carbocycles. The third-order valence-electron chi connectivity index (χ3n) is 8.13. The van der Waals surface area contributed by atoms with Crippen molar-refractivity contribution >= 4 is 65.6 Å². The summed E-state index contributed by atoms with van der Waals surface area (Å²) >= 11 is 0. The van der Waals surface area contributed by atoms with Gasteiger partial charge in [-0.25, -0.2) is 0 Å². The summed E-state index contributed by atoms with van der Waals surface area (Å²) in [6, 6.07) is 45.6. The van der Waals surface area contributed by atoms with Gasteiger partial charge >= 0.3 is 0 Å². The van der Waals surface area contributed by atoms with Crippen LogP contribution in [0.3, 0.4) is 0 Å². The molecule has 0 saturated carbocycles. The summed E-state index contributed by atoms with van der Waals surface area (Å²) in [6.45, 7) is 0. The molecule has 0 unspecified atom stereocenters. The maximum absolute atomic E-state index is 6.12. The number of aromatic nitrogens is 2. The van der Waals surface area contributed by atoms with Crippen molar-refractivity contribution < 1.29 is 4.42 Å². The van der Waals surface area contributed by atoms with E-state index in [9.17, 15) is 0 Å². The van der Waals surface area contributed by atoms with E-state index in [2.05, 4.69) is 125 Å². The highest BCUT2D eigenvalue weighted by molar-refractivity contribution is 6.12. The maximum atomic E-state index is 6.12. The number of hydrogen-bond acceptors (Lipinski definition) is 1.